The molecule has 2 atom stereocenters. The number of hydrogen-bond acceptors (Lipinski definition) is 5. The molecule has 7 nitrogen and oxygen atoms in total. The Labute approximate surface area is 139 Å². The summed E-state index contributed by atoms with van der Waals surface area (Å²) < 4.78 is 6.64. The highest BCUT2D eigenvalue weighted by atomic mass is 16.5. The monoisotopic (exact) mass is 331 g/mol. The second kappa shape index (κ2) is 6.24. The molecule has 1 amide bonds. The van der Waals surface area contributed by atoms with E-state index < -0.39 is 6.10 Å². The summed E-state index contributed by atoms with van der Waals surface area (Å²) in [5.74, 6) is 0.221. The number of aliphatic hydroxyl groups is 1. The van der Waals surface area contributed by atoms with Crippen molar-refractivity contribution >= 4 is 5.91 Å². The first-order chi connectivity index (χ1) is 11.4. The fraction of sp³-hybridized carbons (Fsp3) is 0.471. The van der Waals surface area contributed by atoms with Crippen molar-refractivity contribution in [3.05, 3.63) is 51.3 Å². The van der Waals surface area contributed by atoms with Crippen molar-refractivity contribution < 1.29 is 14.4 Å². The summed E-state index contributed by atoms with van der Waals surface area (Å²) in [7, 11) is 1.64. The molecule has 0 bridgehead atoms. The first-order valence-electron chi connectivity index (χ1n) is 7.93. The van der Waals surface area contributed by atoms with E-state index in [4.69, 9.17) is 4.52 Å². The van der Waals surface area contributed by atoms with Gasteiger partial charge in [-0.2, -0.15) is 0 Å². The summed E-state index contributed by atoms with van der Waals surface area (Å²) in [6.45, 7) is 4.25. The standard InChI is InChI=1S/C17H21N3O4/c1-10-6-13(24-18-10)7-12-8-20(9-15(12)21)17(23)14-5-4-11(2)19(3)16(14)22/h4-6,12,15,21H,7-9H2,1-3H3/t12-,15+/m1/s1. The molecular weight excluding hydrogens is 310 g/mol. The van der Waals surface area contributed by atoms with Crippen molar-refractivity contribution in [3.8, 4) is 0 Å². The molecule has 24 heavy (non-hydrogen) atoms. The molecule has 0 spiro atoms. The maximum absolute atomic E-state index is 12.6. The number of pyridine rings is 1. The number of carbonyl (C=O) groups is 1. The van der Waals surface area contributed by atoms with Crippen molar-refractivity contribution in [3.63, 3.8) is 0 Å². The molecule has 0 unspecified atom stereocenters. The Hall–Kier alpha value is -2.41. The Kier molecular flexibility index (Phi) is 4.28. The number of likely N-dealkylation sites (tertiary alicyclic amines) is 1. The predicted octanol–water partition coefficient (Wildman–Crippen LogP) is 0.666. The lowest BCUT2D eigenvalue weighted by molar-refractivity contribution is 0.0762. The largest absolute Gasteiger partial charge is 0.391 e. The Bertz CT molecular complexity index is 823. The van der Waals surface area contributed by atoms with Gasteiger partial charge in [0, 0.05) is 44.2 Å². The third-order valence-corrected chi connectivity index (χ3v) is 4.62. The zero-order valence-corrected chi connectivity index (χ0v) is 14.0. The Morgan fingerprint density at radius 1 is 1.38 bits per heavy atom. The second-order valence-corrected chi connectivity index (χ2v) is 6.43. The van der Waals surface area contributed by atoms with Crippen LogP contribution in [-0.2, 0) is 13.5 Å². The van der Waals surface area contributed by atoms with Crippen molar-refractivity contribution in [1.29, 1.82) is 0 Å². The molecule has 2 aromatic heterocycles. The second-order valence-electron chi connectivity index (χ2n) is 6.43. The van der Waals surface area contributed by atoms with Crippen LogP contribution < -0.4 is 5.56 Å². The lowest BCUT2D eigenvalue weighted by Gasteiger charge is -2.16. The van der Waals surface area contributed by atoms with E-state index in [1.54, 1.807) is 19.2 Å². The van der Waals surface area contributed by atoms with Crippen LogP contribution in [0.3, 0.4) is 0 Å². The highest BCUT2D eigenvalue weighted by Gasteiger charge is 2.35. The van der Waals surface area contributed by atoms with Crippen LogP contribution in [0.1, 0.15) is 27.5 Å². The molecule has 0 radical (unpaired) electrons. The SMILES string of the molecule is Cc1cc(C[C@@H]2CN(C(=O)c3ccc(C)n(C)c3=O)C[C@@H]2O)on1. The fourth-order valence-corrected chi connectivity index (χ4v) is 3.05. The van der Waals surface area contributed by atoms with Gasteiger partial charge in [-0.05, 0) is 26.0 Å². The molecule has 1 fully saturated rings. The number of aryl methyl sites for hydroxylation is 2. The quantitative estimate of drug-likeness (QED) is 0.893. The van der Waals surface area contributed by atoms with Crippen molar-refractivity contribution in [2.75, 3.05) is 13.1 Å². The molecule has 1 aliphatic rings. The van der Waals surface area contributed by atoms with Gasteiger partial charge < -0.3 is 19.1 Å². The minimum absolute atomic E-state index is 0.129. The summed E-state index contributed by atoms with van der Waals surface area (Å²) >= 11 is 0. The van der Waals surface area contributed by atoms with Crippen LogP contribution in [0.2, 0.25) is 0 Å². The average molecular weight is 331 g/mol. The van der Waals surface area contributed by atoms with Gasteiger partial charge in [0.15, 0.2) is 0 Å². The van der Waals surface area contributed by atoms with Crippen LogP contribution in [0.15, 0.2) is 27.5 Å². The first-order valence-corrected chi connectivity index (χ1v) is 7.93. The molecule has 0 aromatic carbocycles. The number of aromatic nitrogens is 2. The van der Waals surface area contributed by atoms with Gasteiger partial charge in [-0.25, -0.2) is 0 Å². The molecule has 7 heteroatoms. The smallest absolute Gasteiger partial charge is 0.263 e. The molecule has 1 N–H and O–H groups in total. The molecule has 0 aliphatic carbocycles. The predicted molar refractivity (Wildman–Crippen MR) is 86.8 cm³/mol. The Morgan fingerprint density at radius 2 is 2.12 bits per heavy atom. The van der Waals surface area contributed by atoms with E-state index in [1.807, 2.05) is 19.9 Å². The molecule has 1 aliphatic heterocycles. The number of β-amino-alcohol motifs (C(OH)–C–C–N with tert-alkyl or cyclic N) is 1. The van der Waals surface area contributed by atoms with Gasteiger partial charge in [-0.15, -0.1) is 0 Å². The van der Waals surface area contributed by atoms with E-state index >= 15 is 0 Å². The maximum atomic E-state index is 12.6. The molecule has 3 heterocycles. The van der Waals surface area contributed by atoms with Crippen molar-refractivity contribution in [2.45, 2.75) is 26.4 Å². The van der Waals surface area contributed by atoms with Crippen molar-refractivity contribution in [1.82, 2.24) is 14.6 Å². The number of amides is 1. The van der Waals surface area contributed by atoms with Gasteiger partial charge in [0.25, 0.3) is 11.5 Å². The number of rotatable bonds is 3. The third-order valence-electron chi connectivity index (χ3n) is 4.62. The van der Waals surface area contributed by atoms with Gasteiger partial charge in [0.1, 0.15) is 11.3 Å². The molecule has 128 valence electrons. The van der Waals surface area contributed by atoms with Crippen LogP contribution in [0.4, 0.5) is 0 Å². The molecule has 1 saturated heterocycles. The fourth-order valence-electron chi connectivity index (χ4n) is 3.05. The topological polar surface area (TPSA) is 88.6 Å². The normalized spacial score (nSPS) is 20.6. The van der Waals surface area contributed by atoms with Crippen LogP contribution >= 0.6 is 0 Å². The van der Waals surface area contributed by atoms with Gasteiger partial charge in [0.05, 0.1) is 11.8 Å². The van der Waals surface area contributed by atoms with E-state index in [0.717, 1.165) is 11.4 Å². The van der Waals surface area contributed by atoms with Crippen LogP contribution in [0.5, 0.6) is 0 Å². The van der Waals surface area contributed by atoms with Gasteiger partial charge in [0.2, 0.25) is 0 Å². The van der Waals surface area contributed by atoms with Gasteiger partial charge in [-0.3, -0.25) is 9.59 Å². The van der Waals surface area contributed by atoms with Crippen LogP contribution in [0.25, 0.3) is 0 Å². The zero-order valence-electron chi connectivity index (χ0n) is 14.0. The maximum Gasteiger partial charge on any atom is 0.263 e. The Balaban J connectivity index is 1.75. The third kappa shape index (κ3) is 2.99. The highest BCUT2D eigenvalue weighted by molar-refractivity contribution is 5.94. The van der Waals surface area contributed by atoms with Gasteiger partial charge >= 0.3 is 0 Å². The van der Waals surface area contributed by atoms with E-state index in [9.17, 15) is 14.7 Å². The summed E-state index contributed by atoms with van der Waals surface area (Å²) in [4.78, 5) is 26.5. The number of hydrogen-bond donors (Lipinski definition) is 1. The molecule has 0 saturated carbocycles. The lowest BCUT2D eigenvalue weighted by atomic mass is 10.0. The summed E-state index contributed by atoms with van der Waals surface area (Å²) in [6, 6.07) is 5.13. The molecule has 2 aromatic rings. The molecular formula is C17H21N3O4. The zero-order chi connectivity index (χ0) is 17.4. The highest BCUT2D eigenvalue weighted by Crippen LogP contribution is 2.23. The van der Waals surface area contributed by atoms with Crippen LogP contribution in [0, 0.1) is 19.8 Å². The minimum Gasteiger partial charge on any atom is -0.391 e. The van der Waals surface area contributed by atoms with Crippen LogP contribution in [-0.4, -0.2) is 44.8 Å². The van der Waals surface area contributed by atoms with E-state index in [0.29, 0.717) is 18.7 Å². The average Bonchev–Trinajstić information content (AvgIpc) is 3.11. The van der Waals surface area contributed by atoms with Gasteiger partial charge in [-0.1, -0.05) is 5.16 Å². The minimum atomic E-state index is -0.645. The lowest BCUT2D eigenvalue weighted by Crippen LogP contribution is -2.35. The van der Waals surface area contributed by atoms with E-state index in [1.165, 1.54) is 9.47 Å². The number of nitrogens with zero attached hydrogens (tertiary/aromatic N) is 3. The summed E-state index contributed by atoms with van der Waals surface area (Å²) in [5.41, 5.74) is 1.39. The first kappa shape index (κ1) is 16.4. The number of carbonyl (C=O) groups excluding carboxylic acids is 1. The summed E-state index contributed by atoms with van der Waals surface area (Å²) in [5, 5.41) is 14.1. The van der Waals surface area contributed by atoms with E-state index in [-0.39, 0.29) is 29.5 Å². The Morgan fingerprint density at radius 3 is 2.79 bits per heavy atom. The van der Waals surface area contributed by atoms with Crippen molar-refractivity contribution in [2.24, 2.45) is 13.0 Å². The number of aliphatic hydroxyl groups excluding tert-OH is 1. The van der Waals surface area contributed by atoms with E-state index in [2.05, 4.69) is 5.16 Å². The molecule has 3 rings (SSSR count). The summed E-state index contributed by atoms with van der Waals surface area (Å²) in [6.07, 6.45) is -0.133.